The number of benzene rings is 3. The van der Waals surface area contributed by atoms with E-state index in [4.69, 9.17) is 4.99 Å². The second kappa shape index (κ2) is 14.8. The van der Waals surface area contributed by atoms with Gasteiger partial charge in [0.2, 0.25) is 5.91 Å². The summed E-state index contributed by atoms with van der Waals surface area (Å²) in [5, 5.41) is 22.8. The lowest BCUT2D eigenvalue weighted by atomic mass is 9.82. The molecule has 0 fully saturated rings. The quantitative estimate of drug-likeness (QED) is 0.243. The molecular formula is C34H45N5O3S. The highest BCUT2D eigenvalue weighted by Gasteiger charge is 2.43. The van der Waals surface area contributed by atoms with Crippen LogP contribution in [0.25, 0.3) is 0 Å². The summed E-state index contributed by atoms with van der Waals surface area (Å²) in [5.41, 5.74) is 7.09. The summed E-state index contributed by atoms with van der Waals surface area (Å²) >= 11 is 1.54. The Morgan fingerprint density at radius 3 is 1.63 bits per heavy atom. The van der Waals surface area contributed by atoms with Gasteiger partial charge < -0.3 is 30.2 Å². The molecule has 0 unspecified atom stereocenters. The summed E-state index contributed by atoms with van der Waals surface area (Å²) in [5.74, 6) is -0.185. The zero-order valence-electron chi connectivity index (χ0n) is 26.0. The van der Waals surface area contributed by atoms with Crippen molar-refractivity contribution in [2.45, 2.75) is 39.4 Å². The van der Waals surface area contributed by atoms with Crippen molar-refractivity contribution in [3.8, 4) is 0 Å². The van der Waals surface area contributed by atoms with Crippen LogP contribution in [0.4, 0.5) is 22.7 Å². The number of rotatable bonds is 13. The zero-order valence-corrected chi connectivity index (χ0v) is 26.8. The Balaban J connectivity index is 1.97. The van der Waals surface area contributed by atoms with E-state index in [1.807, 2.05) is 17.0 Å². The van der Waals surface area contributed by atoms with Gasteiger partial charge in [0, 0.05) is 68.8 Å². The third kappa shape index (κ3) is 6.84. The minimum absolute atomic E-state index is 0.0327. The minimum atomic E-state index is -0.699. The highest BCUT2D eigenvalue weighted by molar-refractivity contribution is 8.15. The second-order valence-corrected chi connectivity index (χ2v) is 11.7. The number of hydrogen-bond acceptors (Lipinski definition) is 8. The fourth-order valence-electron chi connectivity index (χ4n) is 5.84. The Hall–Kier alpha value is -3.53. The highest BCUT2D eigenvalue weighted by Crippen LogP contribution is 2.55. The maximum absolute atomic E-state index is 12.3. The average molecular weight is 604 g/mol. The molecule has 3 aromatic rings. The van der Waals surface area contributed by atoms with E-state index in [1.54, 1.807) is 0 Å². The van der Waals surface area contributed by atoms with Crippen LogP contribution in [-0.2, 0) is 9.54 Å². The first-order valence-electron chi connectivity index (χ1n) is 15.2. The number of carbonyl (C=O) groups excluding carboxylic acids is 1. The Morgan fingerprint density at radius 2 is 1.21 bits per heavy atom. The highest BCUT2D eigenvalue weighted by atomic mass is 32.2. The molecular weight excluding hydrogens is 558 g/mol. The standard InChI is InChI=1S/C34H45N5O3S/c1-6-37(7-2)28-14-10-26(11-15-28)34(27-12-16-29(17-13-27)38(8-3)9-4)31-19-18-30(39(20-22-40)21-23-41)24-32(31)36-33(43-34)35-25(5)42/h10-19,24,40-41H,6-9,20-23H2,1-5H3,(H,35,36,42). The number of hydrogen-bond donors (Lipinski definition) is 3. The van der Waals surface area contributed by atoms with Gasteiger partial charge in [-0.25, -0.2) is 4.99 Å². The van der Waals surface area contributed by atoms with Gasteiger partial charge in [0.05, 0.1) is 18.9 Å². The lowest BCUT2D eigenvalue weighted by molar-refractivity contribution is -0.117. The molecule has 230 valence electrons. The molecule has 3 aromatic carbocycles. The number of aliphatic hydroxyl groups excluding tert-OH is 2. The molecule has 43 heavy (non-hydrogen) atoms. The van der Waals surface area contributed by atoms with Crippen LogP contribution in [0, 0.1) is 0 Å². The van der Waals surface area contributed by atoms with Gasteiger partial charge in [0.15, 0.2) is 5.17 Å². The van der Waals surface area contributed by atoms with Gasteiger partial charge in [-0.3, -0.25) is 4.79 Å². The Labute approximate surface area is 260 Å². The molecule has 0 saturated heterocycles. The zero-order chi connectivity index (χ0) is 31.0. The van der Waals surface area contributed by atoms with Crippen LogP contribution < -0.4 is 20.0 Å². The summed E-state index contributed by atoms with van der Waals surface area (Å²) in [6.45, 7) is 14.5. The van der Waals surface area contributed by atoms with Crippen LogP contribution in [-0.4, -0.2) is 73.8 Å². The number of nitrogens with one attached hydrogen (secondary N) is 1. The number of nitrogens with zero attached hydrogens (tertiary/aromatic N) is 4. The summed E-state index contributed by atoms with van der Waals surface area (Å²) in [7, 11) is 0. The fraction of sp³-hybridized carbons (Fsp3) is 0.412. The lowest BCUT2D eigenvalue weighted by Gasteiger charge is -2.39. The van der Waals surface area contributed by atoms with E-state index >= 15 is 0 Å². The number of fused-ring (bicyclic) bond motifs is 1. The van der Waals surface area contributed by atoms with E-state index in [1.165, 1.54) is 18.7 Å². The molecule has 0 aromatic heterocycles. The third-order valence-electron chi connectivity index (χ3n) is 8.03. The van der Waals surface area contributed by atoms with Crippen LogP contribution in [0.15, 0.2) is 71.7 Å². The second-order valence-electron chi connectivity index (χ2n) is 10.5. The van der Waals surface area contributed by atoms with Crippen LogP contribution >= 0.6 is 11.8 Å². The van der Waals surface area contributed by atoms with Gasteiger partial charge >= 0.3 is 0 Å². The van der Waals surface area contributed by atoms with Gasteiger partial charge in [0.1, 0.15) is 4.75 Å². The van der Waals surface area contributed by atoms with Crippen molar-refractivity contribution in [3.05, 3.63) is 83.4 Å². The molecule has 4 rings (SSSR count). The first-order chi connectivity index (χ1) is 20.8. The van der Waals surface area contributed by atoms with Gasteiger partial charge in [0.25, 0.3) is 0 Å². The van der Waals surface area contributed by atoms with E-state index in [2.05, 4.69) is 97.4 Å². The number of amides is 1. The Bertz CT molecular complexity index is 1320. The average Bonchev–Trinajstić information content (AvgIpc) is 3.02. The van der Waals surface area contributed by atoms with Crippen molar-refractivity contribution in [1.29, 1.82) is 0 Å². The van der Waals surface area contributed by atoms with E-state index in [-0.39, 0.29) is 19.1 Å². The summed E-state index contributed by atoms with van der Waals surface area (Å²) < 4.78 is -0.699. The first-order valence-corrected chi connectivity index (χ1v) is 16.0. The fourth-order valence-corrected chi connectivity index (χ4v) is 7.26. The number of aliphatic imine (C=N–C) groups is 1. The number of aliphatic hydroxyl groups is 2. The SMILES string of the molecule is CCN(CC)c1ccc(C2(c3ccc(N(CC)CC)cc3)SC(NC(C)=O)=Nc3cc(N(CCO)CCO)ccc32)cc1. The molecule has 0 aliphatic carbocycles. The molecule has 0 spiro atoms. The largest absolute Gasteiger partial charge is 0.395 e. The number of thioether (sulfide) groups is 1. The molecule has 0 saturated carbocycles. The van der Waals surface area contributed by atoms with Crippen molar-refractivity contribution in [3.63, 3.8) is 0 Å². The van der Waals surface area contributed by atoms with Crippen molar-refractivity contribution in [1.82, 2.24) is 5.32 Å². The number of amidine groups is 1. The van der Waals surface area contributed by atoms with Crippen LogP contribution in [0.3, 0.4) is 0 Å². The van der Waals surface area contributed by atoms with E-state index in [9.17, 15) is 15.0 Å². The van der Waals surface area contributed by atoms with Gasteiger partial charge in [-0.05, 0) is 75.2 Å². The van der Waals surface area contributed by atoms with Gasteiger partial charge in [-0.15, -0.1) is 0 Å². The third-order valence-corrected chi connectivity index (χ3v) is 9.41. The van der Waals surface area contributed by atoms with Crippen LogP contribution in [0.5, 0.6) is 0 Å². The van der Waals surface area contributed by atoms with Crippen molar-refractivity contribution >= 4 is 45.6 Å². The summed E-state index contributed by atoms with van der Waals surface area (Å²) in [6, 6.07) is 23.6. The number of anilines is 3. The summed E-state index contributed by atoms with van der Waals surface area (Å²) in [4.78, 5) is 23.9. The molecule has 0 atom stereocenters. The van der Waals surface area contributed by atoms with Crippen LogP contribution in [0.1, 0.15) is 51.3 Å². The van der Waals surface area contributed by atoms with Crippen molar-refractivity contribution in [2.75, 3.05) is 67.2 Å². The van der Waals surface area contributed by atoms with Crippen molar-refractivity contribution < 1.29 is 15.0 Å². The molecule has 1 aliphatic heterocycles. The topological polar surface area (TPSA) is 91.6 Å². The molecule has 0 radical (unpaired) electrons. The van der Waals surface area contributed by atoms with E-state index in [0.717, 1.165) is 65.6 Å². The van der Waals surface area contributed by atoms with Gasteiger partial charge in [-0.1, -0.05) is 42.1 Å². The molecule has 9 heteroatoms. The molecule has 1 aliphatic rings. The molecule has 3 N–H and O–H groups in total. The minimum Gasteiger partial charge on any atom is -0.395 e. The smallest absolute Gasteiger partial charge is 0.222 e. The first kappa shape index (κ1) is 32.4. The molecule has 1 amide bonds. The maximum atomic E-state index is 12.3. The predicted molar refractivity (Wildman–Crippen MR) is 181 cm³/mol. The van der Waals surface area contributed by atoms with E-state index in [0.29, 0.717) is 18.3 Å². The predicted octanol–water partition coefficient (Wildman–Crippen LogP) is 5.33. The van der Waals surface area contributed by atoms with E-state index < -0.39 is 4.75 Å². The Kier molecular flexibility index (Phi) is 11.1. The molecule has 0 bridgehead atoms. The molecule has 8 nitrogen and oxygen atoms in total. The lowest BCUT2D eigenvalue weighted by Crippen LogP contribution is -2.36. The van der Waals surface area contributed by atoms with Crippen molar-refractivity contribution in [2.24, 2.45) is 4.99 Å². The maximum Gasteiger partial charge on any atom is 0.222 e. The normalized spacial score (nSPS) is 13.6. The van der Waals surface area contributed by atoms with Crippen LogP contribution in [0.2, 0.25) is 0 Å². The number of carbonyl (C=O) groups is 1. The molecule has 1 heterocycles. The summed E-state index contributed by atoms with van der Waals surface area (Å²) in [6.07, 6.45) is 0. The monoisotopic (exact) mass is 603 g/mol. The van der Waals surface area contributed by atoms with Gasteiger partial charge in [-0.2, -0.15) is 0 Å². The Morgan fingerprint density at radius 1 is 0.744 bits per heavy atom.